The first-order chi connectivity index (χ1) is 12.9. The van der Waals surface area contributed by atoms with Gasteiger partial charge in [0.15, 0.2) is 0 Å². The lowest BCUT2D eigenvalue weighted by atomic mass is 10.00. The van der Waals surface area contributed by atoms with Crippen molar-refractivity contribution in [2.75, 3.05) is 26.2 Å². The normalized spacial score (nSPS) is 24.1. The van der Waals surface area contributed by atoms with E-state index < -0.39 is 10.2 Å². The lowest BCUT2D eigenvalue weighted by molar-refractivity contribution is -0.135. The van der Waals surface area contributed by atoms with Gasteiger partial charge in [0.2, 0.25) is 5.91 Å². The van der Waals surface area contributed by atoms with Crippen LogP contribution in [0.15, 0.2) is 24.3 Å². The minimum atomic E-state index is -3.61. The molecule has 0 bridgehead atoms. The minimum absolute atomic E-state index is 0.0385. The van der Waals surface area contributed by atoms with Crippen molar-refractivity contribution in [1.29, 1.82) is 0 Å². The molecule has 150 valence electrons. The lowest BCUT2D eigenvalue weighted by Crippen LogP contribution is -2.54. The summed E-state index contributed by atoms with van der Waals surface area (Å²) in [5.74, 6) is -0.0534. The molecule has 2 heterocycles. The van der Waals surface area contributed by atoms with Crippen LogP contribution >= 0.6 is 0 Å². The van der Waals surface area contributed by atoms with Gasteiger partial charge in [-0.25, -0.2) is 0 Å². The third-order valence-electron chi connectivity index (χ3n) is 5.68. The highest BCUT2D eigenvalue weighted by molar-refractivity contribution is 7.86. The molecule has 27 heavy (non-hydrogen) atoms. The molecule has 2 aliphatic heterocycles. The van der Waals surface area contributed by atoms with Crippen molar-refractivity contribution < 1.29 is 13.2 Å². The summed E-state index contributed by atoms with van der Waals surface area (Å²) in [5, 5.41) is 0. The summed E-state index contributed by atoms with van der Waals surface area (Å²) in [7, 11) is -3.61. The average molecular weight is 394 g/mol. The van der Waals surface area contributed by atoms with Gasteiger partial charge in [0.25, 0.3) is 10.2 Å². The Morgan fingerprint density at radius 3 is 2.44 bits per heavy atom. The number of hydrogen-bond acceptors (Lipinski definition) is 3. The first-order valence-electron chi connectivity index (χ1n) is 10.0. The summed E-state index contributed by atoms with van der Waals surface area (Å²) < 4.78 is 28.9. The summed E-state index contributed by atoms with van der Waals surface area (Å²) in [6.45, 7) is 6.09. The van der Waals surface area contributed by atoms with Gasteiger partial charge in [-0.2, -0.15) is 17.0 Å². The standard InChI is InChI=1S/C20H31N3O3S/c1-3-19-7-4-5-14-23(19)20(24)16-22-13-6-12-21(27(22,25)26)15-18-10-8-17(2)9-11-18/h8-11,19H,3-7,12-16H2,1-2H3. The van der Waals surface area contributed by atoms with Gasteiger partial charge in [-0.05, 0) is 44.6 Å². The molecule has 0 spiro atoms. The first-order valence-corrected chi connectivity index (χ1v) is 11.4. The van der Waals surface area contributed by atoms with E-state index in [4.69, 9.17) is 0 Å². The molecule has 3 rings (SSSR count). The van der Waals surface area contributed by atoms with E-state index in [9.17, 15) is 13.2 Å². The number of nitrogens with zero attached hydrogens (tertiary/aromatic N) is 3. The highest BCUT2D eigenvalue weighted by atomic mass is 32.2. The maximum atomic E-state index is 13.0. The van der Waals surface area contributed by atoms with E-state index in [1.54, 1.807) is 0 Å². The second-order valence-electron chi connectivity index (χ2n) is 7.66. The van der Waals surface area contributed by atoms with E-state index in [-0.39, 0.29) is 18.5 Å². The Bertz CT molecular complexity index is 748. The van der Waals surface area contributed by atoms with Crippen molar-refractivity contribution in [2.24, 2.45) is 0 Å². The molecule has 0 aromatic heterocycles. The Kier molecular flexibility index (Phi) is 6.55. The van der Waals surface area contributed by atoms with E-state index in [2.05, 4.69) is 6.92 Å². The Labute approximate surface area is 163 Å². The molecule has 1 aromatic rings. The third-order valence-corrected chi connectivity index (χ3v) is 7.61. The molecular formula is C20H31N3O3S. The molecule has 0 aliphatic carbocycles. The quantitative estimate of drug-likeness (QED) is 0.772. The Balaban J connectivity index is 1.68. The number of aryl methyl sites for hydroxylation is 1. The largest absolute Gasteiger partial charge is 0.339 e. The van der Waals surface area contributed by atoms with Gasteiger partial charge in [0.1, 0.15) is 0 Å². The van der Waals surface area contributed by atoms with Gasteiger partial charge in [0, 0.05) is 32.2 Å². The lowest BCUT2D eigenvalue weighted by Gasteiger charge is -2.38. The molecule has 2 aliphatic rings. The van der Waals surface area contributed by atoms with Crippen LogP contribution in [0.5, 0.6) is 0 Å². The maximum absolute atomic E-state index is 13.0. The summed E-state index contributed by atoms with van der Waals surface area (Å²) in [4.78, 5) is 14.7. The number of carbonyl (C=O) groups excluding carboxylic acids is 1. The van der Waals surface area contributed by atoms with Crippen LogP contribution in [-0.4, -0.2) is 60.1 Å². The zero-order chi connectivity index (χ0) is 19.4. The fourth-order valence-electron chi connectivity index (χ4n) is 4.03. The van der Waals surface area contributed by atoms with Crippen molar-refractivity contribution in [3.63, 3.8) is 0 Å². The smallest absolute Gasteiger partial charge is 0.282 e. The molecule has 0 saturated carbocycles. The number of carbonyl (C=O) groups is 1. The van der Waals surface area contributed by atoms with Crippen LogP contribution in [0.2, 0.25) is 0 Å². The number of benzene rings is 1. The van der Waals surface area contributed by atoms with Crippen molar-refractivity contribution in [3.05, 3.63) is 35.4 Å². The van der Waals surface area contributed by atoms with Crippen LogP contribution in [0.3, 0.4) is 0 Å². The van der Waals surface area contributed by atoms with Crippen LogP contribution in [0.25, 0.3) is 0 Å². The molecular weight excluding hydrogens is 362 g/mol. The molecule has 1 unspecified atom stereocenters. The van der Waals surface area contributed by atoms with Gasteiger partial charge in [-0.15, -0.1) is 0 Å². The van der Waals surface area contributed by atoms with E-state index in [1.807, 2.05) is 36.1 Å². The topological polar surface area (TPSA) is 60.9 Å². The van der Waals surface area contributed by atoms with Crippen LogP contribution in [0.1, 0.15) is 50.2 Å². The zero-order valence-corrected chi connectivity index (χ0v) is 17.2. The van der Waals surface area contributed by atoms with Gasteiger partial charge < -0.3 is 4.90 Å². The van der Waals surface area contributed by atoms with E-state index in [0.717, 1.165) is 49.8 Å². The molecule has 0 N–H and O–H groups in total. The fraction of sp³-hybridized carbons (Fsp3) is 0.650. The highest BCUT2D eigenvalue weighted by Gasteiger charge is 2.36. The van der Waals surface area contributed by atoms with Crippen molar-refractivity contribution >= 4 is 16.1 Å². The van der Waals surface area contributed by atoms with Crippen molar-refractivity contribution in [1.82, 2.24) is 13.5 Å². The van der Waals surface area contributed by atoms with Crippen LogP contribution in [-0.2, 0) is 21.5 Å². The predicted octanol–water partition coefficient (Wildman–Crippen LogP) is 2.54. The maximum Gasteiger partial charge on any atom is 0.282 e. The van der Waals surface area contributed by atoms with E-state index in [1.165, 1.54) is 8.61 Å². The molecule has 2 saturated heterocycles. The fourth-order valence-corrected chi connectivity index (χ4v) is 5.66. The second-order valence-corrected chi connectivity index (χ2v) is 9.59. The van der Waals surface area contributed by atoms with Crippen LogP contribution in [0, 0.1) is 6.92 Å². The molecule has 6 nitrogen and oxygen atoms in total. The number of rotatable bonds is 5. The van der Waals surface area contributed by atoms with Gasteiger partial charge in [-0.3, -0.25) is 4.79 Å². The molecule has 1 aromatic carbocycles. The number of hydrogen-bond donors (Lipinski definition) is 0. The summed E-state index contributed by atoms with van der Waals surface area (Å²) in [5.41, 5.74) is 2.12. The minimum Gasteiger partial charge on any atom is -0.339 e. The Morgan fingerprint density at radius 2 is 1.74 bits per heavy atom. The SMILES string of the molecule is CCC1CCCCN1C(=O)CN1CCCN(Cc2ccc(C)cc2)S1(=O)=O. The Morgan fingerprint density at radius 1 is 1.04 bits per heavy atom. The molecule has 1 amide bonds. The summed E-state index contributed by atoms with van der Waals surface area (Å²) in [6, 6.07) is 8.17. The molecule has 0 radical (unpaired) electrons. The monoisotopic (exact) mass is 393 g/mol. The van der Waals surface area contributed by atoms with Crippen LogP contribution in [0.4, 0.5) is 0 Å². The average Bonchev–Trinajstić information content (AvgIpc) is 2.66. The summed E-state index contributed by atoms with van der Waals surface area (Å²) >= 11 is 0. The highest BCUT2D eigenvalue weighted by Crippen LogP contribution is 2.23. The van der Waals surface area contributed by atoms with Gasteiger partial charge in [-0.1, -0.05) is 36.8 Å². The Hall–Kier alpha value is -1.44. The van der Waals surface area contributed by atoms with Gasteiger partial charge in [0.05, 0.1) is 6.54 Å². The molecule has 2 fully saturated rings. The number of piperidine rings is 1. The predicted molar refractivity (Wildman–Crippen MR) is 106 cm³/mol. The third kappa shape index (κ3) is 4.70. The number of likely N-dealkylation sites (tertiary alicyclic amines) is 1. The zero-order valence-electron chi connectivity index (χ0n) is 16.4. The van der Waals surface area contributed by atoms with E-state index >= 15 is 0 Å². The van der Waals surface area contributed by atoms with Crippen LogP contribution < -0.4 is 0 Å². The van der Waals surface area contributed by atoms with Gasteiger partial charge >= 0.3 is 0 Å². The van der Waals surface area contributed by atoms with Crippen molar-refractivity contribution in [3.8, 4) is 0 Å². The van der Waals surface area contributed by atoms with E-state index in [0.29, 0.717) is 19.6 Å². The molecule has 7 heteroatoms. The molecule has 1 atom stereocenters. The second kappa shape index (κ2) is 8.71. The number of amides is 1. The van der Waals surface area contributed by atoms with Crippen molar-refractivity contribution in [2.45, 2.75) is 58.5 Å². The summed E-state index contributed by atoms with van der Waals surface area (Å²) in [6.07, 6.45) is 4.85. The first kappa shape index (κ1) is 20.3.